The molecular weight excluding hydrogens is 321 g/mol. The van der Waals surface area contributed by atoms with Crippen LogP contribution < -0.4 is 10.8 Å². The van der Waals surface area contributed by atoms with Crippen molar-refractivity contribution >= 4 is 13.4 Å². The Morgan fingerprint density at radius 3 is 1.28 bits per heavy atom. The molecule has 0 heterocycles. The quantitative estimate of drug-likeness (QED) is 0.588. The molecule has 1 nitrogen and oxygen atoms in total. The lowest BCUT2D eigenvalue weighted by Gasteiger charge is -2.37. The van der Waals surface area contributed by atoms with E-state index in [9.17, 15) is 0 Å². The Morgan fingerprint density at radius 1 is 0.680 bits per heavy atom. The average Bonchev–Trinajstić information content (AvgIpc) is 2.31. The van der Waals surface area contributed by atoms with Gasteiger partial charge in [0.2, 0.25) is 0 Å². The Kier molecular flexibility index (Phi) is 6.32. The second kappa shape index (κ2) is 6.97. The summed E-state index contributed by atoms with van der Waals surface area (Å²) in [6.07, 6.45) is 1.06. The van der Waals surface area contributed by atoms with Crippen LogP contribution in [0.2, 0.25) is 0 Å². The lowest BCUT2D eigenvalue weighted by molar-refractivity contribution is 0.477. The first-order chi connectivity index (χ1) is 10.8. The molecule has 0 aromatic heterocycles. The summed E-state index contributed by atoms with van der Waals surface area (Å²) in [5.41, 5.74) is 11.8. The molecule has 0 amide bonds. The van der Waals surface area contributed by atoms with Crippen LogP contribution in [-0.4, -0.2) is 6.16 Å². The molecule has 144 valence electrons. The molecule has 0 spiro atoms. The minimum atomic E-state index is -0.682. The largest absolute Gasteiger partial charge is 0.306 e. The summed E-state index contributed by atoms with van der Waals surface area (Å²) in [5, 5.41) is 1.44. The zero-order chi connectivity index (χ0) is 20.0. The molecule has 0 fully saturated rings. The zero-order valence-corrected chi connectivity index (χ0v) is 19.8. The smallest absolute Gasteiger partial charge is 0.00223 e. The van der Waals surface area contributed by atoms with Crippen molar-refractivity contribution in [1.82, 2.24) is 0 Å². The lowest BCUT2D eigenvalue weighted by atomic mass is 9.75. The molecule has 1 aromatic rings. The van der Waals surface area contributed by atoms with E-state index in [1.807, 2.05) is 0 Å². The van der Waals surface area contributed by atoms with Gasteiger partial charge >= 0.3 is 0 Å². The SMILES string of the molecule is CC(C)(C)CP(N)c1c(C(C)(C)C)cc(C(C)(C)C)cc1C(C)(C)C. The first-order valence-electron chi connectivity index (χ1n) is 9.56. The van der Waals surface area contributed by atoms with Crippen molar-refractivity contribution in [2.75, 3.05) is 6.16 Å². The van der Waals surface area contributed by atoms with Gasteiger partial charge in [0.25, 0.3) is 0 Å². The highest BCUT2D eigenvalue weighted by molar-refractivity contribution is 7.63. The normalized spacial score (nSPS) is 15.4. The van der Waals surface area contributed by atoms with Gasteiger partial charge < -0.3 is 5.50 Å². The minimum Gasteiger partial charge on any atom is -0.306 e. The summed E-state index contributed by atoms with van der Waals surface area (Å²) in [5.74, 6) is 0. The van der Waals surface area contributed by atoms with Gasteiger partial charge in [0.15, 0.2) is 0 Å². The fourth-order valence-corrected chi connectivity index (χ4v) is 5.71. The highest BCUT2D eigenvalue weighted by Crippen LogP contribution is 2.43. The van der Waals surface area contributed by atoms with E-state index in [0.717, 1.165) is 6.16 Å². The van der Waals surface area contributed by atoms with Crippen molar-refractivity contribution in [3.8, 4) is 0 Å². The first kappa shape index (κ1) is 22.7. The van der Waals surface area contributed by atoms with Crippen LogP contribution in [0.3, 0.4) is 0 Å². The summed E-state index contributed by atoms with van der Waals surface area (Å²) in [7, 11) is -0.682. The fourth-order valence-electron chi connectivity index (χ4n) is 3.11. The van der Waals surface area contributed by atoms with Crippen LogP contribution in [0.5, 0.6) is 0 Å². The van der Waals surface area contributed by atoms with E-state index in [-0.39, 0.29) is 21.7 Å². The maximum Gasteiger partial charge on any atom is -0.00223 e. The highest BCUT2D eigenvalue weighted by atomic mass is 31.1. The highest BCUT2D eigenvalue weighted by Gasteiger charge is 2.32. The van der Waals surface area contributed by atoms with E-state index in [4.69, 9.17) is 5.50 Å². The lowest BCUT2D eigenvalue weighted by Crippen LogP contribution is -2.34. The second-order valence-corrected chi connectivity index (χ2v) is 13.6. The molecular formula is C23H42NP. The topological polar surface area (TPSA) is 26.0 Å². The van der Waals surface area contributed by atoms with Crippen molar-refractivity contribution in [2.45, 2.75) is 99.3 Å². The number of hydrogen-bond acceptors (Lipinski definition) is 1. The summed E-state index contributed by atoms with van der Waals surface area (Å²) in [6, 6.07) is 4.88. The van der Waals surface area contributed by atoms with Gasteiger partial charge in [-0.3, -0.25) is 0 Å². The van der Waals surface area contributed by atoms with Crippen molar-refractivity contribution < 1.29 is 0 Å². The number of rotatable bonds is 2. The van der Waals surface area contributed by atoms with Gasteiger partial charge in [-0.1, -0.05) is 95.2 Å². The minimum absolute atomic E-state index is 0.0917. The third-order valence-electron chi connectivity index (χ3n) is 4.52. The zero-order valence-electron chi connectivity index (χ0n) is 18.9. The van der Waals surface area contributed by atoms with Crippen LogP contribution >= 0.6 is 8.07 Å². The Labute approximate surface area is 159 Å². The Bertz CT molecular complexity index is 566. The summed E-state index contributed by atoms with van der Waals surface area (Å²) >= 11 is 0. The molecule has 0 radical (unpaired) electrons. The van der Waals surface area contributed by atoms with E-state index in [1.54, 1.807) is 0 Å². The summed E-state index contributed by atoms with van der Waals surface area (Å²) < 4.78 is 0. The molecule has 2 N–H and O–H groups in total. The molecule has 1 unspecified atom stereocenters. The van der Waals surface area contributed by atoms with Crippen molar-refractivity contribution in [3.05, 3.63) is 28.8 Å². The second-order valence-electron chi connectivity index (χ2n) is 11.9. The molecule has 0 saturated heterocycles. The van der Waals surface area contributed by atoms with Crippen LogP contribution in [-0.2, 0) is 16.2 Å². The Hall–Kier alpha value is -0.390. The van der Waals surface area contributed by atoms with Gasteiger partial charge in [0.1, 0.15) is 0 Å². The van der Waals surface area contributed by atoms with Crippen LogP contribution in [0, 0.1) is 5.41 Å². The fraction of sp³-hybridized carbons (Fsp3) is 0.739. The van der Waals surface area contributed by atoms with Crippen LogP contribution in [0.4, 0.5) is 0 Å². The van der Waals surface area contributed by atoms with E-state index >= 15 is 0 Å². The van der Waals surface area contributed by atoms with Gasteiger partial charge in [0.05, 0.1) is 0 Å². The van der Waals surface area contributed by atoms with E-state index in [1.165, 1.54) is 22.0 Å². The van der Waals surface area contributed by atoms with Crippen LogP contribution in [0.25, 0.3) is 0 Å². The molecule has 0 aliphatic rings. The molecule has 0 bridgehead atoms. The van der Waals surface area contributed by atoms with E-state index < -0.39 is 8.07 Å². The molecule has 0 saturated carbocycles. The summed E-state index contributed by atoms with van der Waals surface area (Å²) in [4.78, 5) is 0. The molecule has 1 aromatic carbocycles. The van der Waals surface area contributed by atoms with E-state index in [0.29, 0.717) is 0 Å². The predicted molar refractivity (Wildman–Crippen MR) is 118 cm³/mol. The third kappa shape index (κ3) is 6.07. The van der Waals surface area contributed by atoms with Gasteiger partial charge in [-0.25, -0.2) is 0 Å². The number of hydrogen-bond donors (Lipinski definition) is 1. The third-order valence-corrected chi connectivity index (χ3v) is 6.87. The van der Waals surface area contributed by atoms with Crippen molar-refractivity contribution in [1.29, 1.82) is 0 Å². The van der Waals surface area contributed by atoms with Gasteiger partial charge in [-0.2, -0.15) is 0 Å². The molecule has 1 rings (SSSR count). The predicted octanol–water partition coefficient (Wildman–Crippen LogP) is 6.61. The van der Waals surface area contributed by atoms with Crippen molar-refractivity contribution in [2.24, 2.45) is 10.9 Å². The number of benzene rings is 1. The molecule has 0 aliphatic carbocycles. The van der Waals surface area contributed by atoms with Gasteiger partial charge in [-0.05, 0) is 57.9 Å². The van der Waals surface area contributed by atoms with Crippen molar-refractivity contribution in [3.63, 3.8) is 0 Å². The summed E-state index contributed by atoms with van der Waals surface area (Å²) in [6.45, 7) is 27.8. The van der Waals surface area contributed by atoms with Crippen LogP contribution in [0.1, 0.15) is 99.8 Å². The van der Waals surface area contributed by atoms with Gasteiger partial charge in [-0.15, -0.1) is 0 Å². The maximum absolute atomic E-state index is 6.90. The molecule has 2 heteroatoms. The van der Waals surface area contributed by atoms with Crippen LogP contribution in [0.15, 0.2) is 12.1 Å². The molecule has 25 heavy (non-hydrogen) atoms. The molecule has 0 aliphatic heterocycles. The Balaban J connectivity index is 3.83. The van der Waals surface area contributed by atoms with E-state index in [2.05, 4.69) is 95.2 Å². The maximum atomic E-state index is 6.90. The molecule has 1 atom stereocenters. The standard InChI is InChI=1S/C23H42NP/c1-20(2,3)15-25(24)19-17(22(7,8)9)13-16(21(4,5)6)14-18(19)23(10,11)12/h13-14H,15,24H2,1-12H3. The first-order valence-corrected chi connectivity index (χ1v) is 11.2. The average molecular weight is 364 g/mol. The number of nitrogens with two attached hydrogens (primary N) is 1. The Morgan fingerprint density at radius 2 is 1.04 bits per heavy atom. The monoisotopic (exact) mass is 363 g/mol. The van der Waals surface area contributed by atoms with Gasteiger partial charge in [0, 0.05) is 0 Å².